The van der Waals surface area contributed by atoms with Crippen molar-refractivity contribution in [1.82, 2.24) is 15.1 Å². The van der Waals surface area contributed by atoms with Crippen LogP contribution in [0.3, 0.4) is 0 Å². The molecule has 1 saturated heterocycles. The largest absolute Gasteiger partial charge is 0.481 e. The van der Waals surface area contributed by atoms with Crippen LogP contribution in [0.25, 0.3) is 0 Å². The van der Waals surface area contributed by atoms with Crippen LogP contribution in [0.1, 0.15) is 20.8 Å². The Hall–Kier alpha value is -1.30. The molecule has 0 aromatic rings. The lowest BCUT2D eigenvalue weighted by Gasteiger charge is -2.20. The molecule has 1 aliphatic rings. The Bertz CT molecular complexity index is 318. The van der Waals surface area contributed by atoms with Gasteiger partial charge in [0.2, 0.25) is 0 Å². The molecule has 1 rings (SSSR count). The number of carboxylic acids is 1. The van der Waals surface area contributed by atoms with Crippen molar-refractivity contribution >= 4 is 12.0 Å². The third-order valence-corrected chi connectivity index (χ3v) is 3.82. The fourth-order valence-electron chi connectivity index (χ4n) is 2.43. The summed E-state index contributed by atoms with van der Waals surface area (Å²) >= 11 is 0. The van der Waals surface area contributed by atoms with Crippen molar-refractivity contribution in [3.63, 3.8) is 0 Å². The van der Waals surface area contributed by atoms with Crippen LogP contribution in [0, 0.1) is 11.8 Å². The molecule has 0 saturated carbocycles. The van der Waals surface area contributed by atoms with Gasteiger partial charge in [-0.15, -0.1) is 0 Å². The Morgan fingerprint density at radius 2 is 1.95 bits per heavy atom. The maximum atomic E-state index is 11.9. The van der Waals surface area contributed by atoms with Gasteiger partial charge in [0.25, 0.3) is 0 Å². The third-order valence-electron chi connectivity index (χ3n) is 3.82. The first-order valence-corrected chi connectivity index (χ1v) is 6.97. The molecule has 0 spiro atoms. The molecular formula is C13H25N3O3. The van der Waals surface area contributed by atoms with Gasteiger partial charge in [0.15, 0.2) is 0 Å². The number of nitrogens with zero attached hydrogens (tertiary/aromatic N) is 2. The van der Waals surface area contributed by atoms with Crippen LogP contribution >= 0.6 is 0 Å². The van der Waals surface area contributed by atoms with Gasteiger partial charge >= 0.3 is 12.0 Å². The summed E-state index contributed by atoms with van der Waals surface area (Å²) in [6.07, 6.45) is 0. The van der Waals surface area contributed by atoms with E-state index in [1.807, 2.05) is 6.92 Å². The number of rotatable bonds is 6. The SMILES string of the molecule is CCN(CC)CCNC(=O)N1CC(C)C(C(=O)O)C1. The highest BCUT2D eigenvalue weighted by molar-refractivity contribution is 5.77. The second-order valence-corrected chi connectivity index (χ2v) is 5.09. The van der Waals surface area contributed by atoms with Crippen molar-refractivity contribution in [1.29, 1.82) is 0 Å². The minimum absolute atomic E-state index is 0.0195. The van der Waals surface area contributed by atoms with Gasteiger partial charge in [-0.25, -0.2) is 4.79 Å². The maximum Gasteiger partial charge on any atom is 0.317 e. The Kier molecular flexibility index (Phi) is 6.08. The number of carbonyl (C=O) groups excluding carboxylic acids is 1. The van der Waals surface area contributed by atoms with Gasteiger partial charge in [-0.05, 0) is 19.0 Å². The number of nitrogens with one attached hydrogen (secondary N) is 1. The quantitative estimate of drug-likeness (QED) is 0.745. The molecule has 0 aliphatic carbocycles. The minimum atomic E-state index is -0.814. The number of carboxylic acid groups (broad SMARTS) is 1. The average Bonchev–Trinajstić information content (AvgIpc) is 2.77. The van der Waals surface area contributed by atoms with Crippen LogP contribution < -0.4 is 5.32 Å². The van der Waals surface area contributed by atoms with Gasteiger partial charge in [-0.1, -0.05) is 20.8 Å². The standard InChI is InChI=1S/C13H25N3O3/c1-4-15(5-2)7-6-14-13(19)16-8-10(3)11(9-16)12(17)18/h10-11H,4-9H2,1-3H3,(H,14,19)(H,17,18). The molecule has 19 heavy (non-hydrogen) atoms. The van der Waals surface area contributed by atoms with Crippen LogP contribution in [-0.4, -0.2) is 66.2 Å². The third kappa shape index (κ3) is 4.38. The Morgan fingerprint density at radius 3 is 2.42 bits per heavy atom. The van der Waals surface area contributed by atoms with Crippen molar-refractivity contribution in [3.8, 4) is 0 Å². The molecule has 0 aromatic carbocycles. The summed E-state index contributed by atoms with van der Waals surface area (Å²) in [7, 11) is 0. The van der Waals surface area contributed by atoms with Crippen LogP contribution in [-0.2, 0) is 4.79 Å². The Morgan fingerprint density at radius 1 is 1.32 bits per heavy atom. The minimum Gasteiger partial charge on any atom is -0.481 e. The molecule has 1 fully saturated rings. The molecule has 0 radical (unpaired) electrons. The second-order valence-electron chi connectivity index (χ2n) is 5.09. The van der Waals surface area contributed by atoms with Gasteiger partial charge in [0.05, 0.1) is 5.92 Å². The normalized spacial score (nSPS) is 22.8. The smallest absolute Gasteiger partial charge is 0.317 e. The van der Waals surface area contributed by atoms with E-state index in [4.69, 9.17) is 5.11 Å². The predicted octanol–water partition coefficient (Wildman–Crippen LogP) is 0.690. The number of amides is 2. The van der Waals surface area contributed by atoms with Crippen molar-refractivity contribution in [2.24, 2.45) is 11.8 Å². The zero-order valence-corrected chi connectivity index (χ0v) is 12.1. The molecule has 2 amide bonds. The van der Waals surface area contributed by atoms with Crippen molar-refractivity contribution in [2.75, 3.05) is 39.3 Å². The topological polar surface area (TPSA) is 72.9 Å². The van der Waals surface area contributed by atoms with E-state index < -0.39 is 11.9 Å². The summed E-state index contributed by atoms with van der Waals surface area (Å²) in [5.74, 6) is -1.23. The van der Waals surface area contributed by atoms with Gasteiger partial charge < -0.3 is 20.2 Å². The van der Waals surface area contributed by atoms with Crippen molar-refractivity contribution < 1.29 is 14.7 Å². The van der Waals surface area contributed by atoms with Gasteiger partial charge in [-0.3, -0.25) is 4.79 Å². The highest BCUT2D eigenvalue weighted by atomic mass is 16.4. The lowest BCUT2D eigenvalue weighted by atomic mass is 9.99. The van der Waals surface area contributed by atoms with E-state index in [-0.39, 0.29) is 11.9 Å². The van der Waals surface area contributed by atoms with Crippen LogP contribution in [0.4, 0.5) is 4.79 Å². The molecule has 1 heterocycles. The van der Waals surface area contributed by atoms with E-state index >= 15 is 0 Å². The molecule has 1 aliphatic heterocycles. The van der Waals surface area contributed by atoms with Crippen molar-refractivity contribution in [3.05, 3.63) is 0 Å². The first-order chi connectivity index (χ1) is 8.99. The molecular weight excluding hydrogens is 246 g/mol. The monoisotopic (exact) mass is 271 g/mol. The second kappa shape index (κ2) is 7.33. The summed E-state index contributed by atoms with van der Waals surface area (Å²) in [5, 5.41) is 11.9. The summed E-state index contributed by atoms with van der Waals surface area (Å²) in [5.41, 5.74) is 0. The lowest BCUT2D eigenvalue weighted by molar-refractivity contribution is -0.142. The molecule has 2 atom stereocenters. The first kappa shape index (κ1) is 15.8. The fraction of sp³-hybridized carbons (Fsp3) is 0.846. The summed E-state index contributed by atoms with van der Waals surface area (Å²) in [6, 6.07) is -0.150. The number of urea groups is 1. The highest BCUT2D eigenvalue weighted by Crippen LogP contribution is 2.22. The van der Waals surface area contributed by atoms with E-state index in [1.54, 1.807) is 4.90 Å². The molecule has 110 valence electrons. The highest BCUT2D eigenvalue weighted by Gasteiger charge is 2.36. The number of hydrogen-bond acceptors (Lipinski definition) is 3. The van der Waals surface area contributed by atoms with Gasteiger partial charge in [0, 0.05) is 26.2 Å². The van der Waals surface area contributed by atoms with Crippen molar-refractivity contribution in [2.45, 2.75) is 20.8 Å². The molecule has 6 heteroatoms. The number of hydrogen-bond donors (Lipinski definition) is 2. The predicted molar refractivity (Wildman–Crippen MR) is 73.0 cm³/mol. The lowest BCUT2D eigenvalue weighted by Crippen LogP contribution is -2.42. The van der Waals surface area contributed by atoms with E-state index in [0.717, 1.165) is 19.6 Å². The van der Waals surface area contributed by atoms with Crippen LogP contribution in [0.5, 0.6) is 0 Å². The van der Waals surface area contributed by atoms with Crippen LogP contribution in [0.2, 0.25) is 0 Å². The number of likely N-dealkylation sites (N-methyl/N-ethyl adjacent to an activating group) is 1. The molecule has 6 nitrogen and oxygen atoms in total. The first-order valence-electron chi connectivity index (χ1n) is 6.97. The number of likely N-dealkylation sites (tertiary alicyclic amines) is 1. The van der Waals surface area contributed by atoms with E-state index in [0.29, 0.717) is 19.6 Å². The summed E-state index contributed by atoms with van der Waals surface area (Å²) < 4.78 is 0. The van der Waals surface area contributed by atoms with Gasteiger partial charge in [-0.2, -0.15) is 0 Å². The molecule has 0 aromatic heterocycles. The zero-order chi connectivity index (χ0) is 14.4. The molecule has 2 unspecified atom stereocenters. The summed E-state index contributed by atoms with van der Waals surface area (Å²) in [6.45, 7) is 10.2. The summed E-state index contributed by atoms with van der Waals surface area (Å²) in [4.78, 5) is 26.7. The van der Waals surface area contributed by atoms with Crippen LogP contribution in [0.15, 0.2) is 0 Å². The zero-order valence-electron chi connectivity index (χ0n) is 12.1. The van der Waals surface area contributed by atoms with E-state index in [1.165, 1.54) is 0 Å². The van der Waals surface area contributed by atoms with E-state index in [2.05, 4.69) is 24.1 Å². The van der Waals surface area contributed by atoms with E-state index in [9.17, 15) is 9.59 Å². The Balaban J connectivity index is 2.33. The molecule has 2 N–H and O–H groups in total. The fourth-order valence-corrected chi connectivity index (χ4v) is 2.43. The Labute approximate surface area is 114 Å². The average molecular weight is 271 g/mol. The number of aliphatic carboxylic acids is 1. The molecule has 0 bridgehead atoms. The maximum absolute atomic E-state index is 11.9. The number of carbonyl (C=O) groups is 2. The van der Waals surface area contributed by atoms with Gasteiger partial charge in [0.1, 0.15) is 0 Å².